The fourth-order valence-corrected chi connectivity index (χ4v) is 3.47. The van der Waals surface area contributed by atoms with Gasteiger partial charge in [0.2, 0.25) is 0 Å². The molecule has 2 amide bonds. The maximum atomic E-state index is 12.6. The molecule has 0 aliphatic carbocycles. The second-order valence-corrected chi connectivity index (χ2v) is 7.69. The number of carbonyl (C=O) groups excluding carboxylic acids is 4. The van der Waals surface area contributed by atoms with E-state index in [1.165, 1.54) is 6.92 Å². The van der Waals surface area contributed by atoms with Crippen molar-refractivity contribution in [2.45, 2.75) is 6.92 Å². The van der Waals surface area contributed by atoms with Crippen LogP contribution in [0, 0.1) is 0 Å². The summed E-state index contributed by atoms with van der Waals surface area (Å²) < 4.78 is 5.29. The highest BCUT2D eigenvalue weighted by Crippen LogP contribution is 2.32. The van der Waals surface area contributed by atoms with Crippen molar-refractivity contribution in [3.05, 3.63) is 69.6 Å². The molecule has 1 heterocycles. The summed E-state index contributed by atoms with van der Waals surface area (Å²) in [7, 11) is 0. The van der Waals surface area contributed by atoms with Gasteiger partial charge >= 0.3 is 0 Å². The van der Waals surface area contributed by atoms with Crippen LogP contribution in [0.5, 0.6) is 5.75 Å². The highest BCUT2D eigenvalue weighted by atomic mass is 35.5. The Kier molecular flexibility index (Phi) is 6.51. The minimum Gasteiger partial charge on any atom is -0.486 e. The Labute approximate surface area is 176 Å². The predicted octanol–water partition coefficient (Wildman–Crippen LogP) is 4.23. The topological polar surface area (TPSA) is 80.8 Å². The van der Waals surface area contributed by atoms with E-state index in [1.54, 1.807) is 54.6 Å². The molecular weight excluding hydrogens is 414 g/mol. The Balaban J connectivity index is 1.68. The van der Waals surface area contributed by atoms with E-state index in [0.717, 1.165) is 16.7 Å². The van der Waals surface area contributed by atoms with E-state index in [2.05, 4.69) is 0 Å². The minimum atomic E-state index is -0.515. The van der Waals surface area contributed by atoms with Gasteiger partial charge in [-0.25, -0.2) is 0 Å². The standard InChI is InChI=1S/C21H16ClNO5S/c1-13(24)12-28-17-8-2-14(3-9-17)10-19-20(26)23(21(27)29-19)11-18(25)15-4-6-16(22)7-5-15/h2-10H,11-12H2,1H3/b19-10-. The number of ether oxygens (including phenoxy) is 1. The third-order valence-electron chi connectivity index (χ3n) is 3.96. The normalized spacial score (nSPS) is 15.1. The first kappa shape index (κ1) is 20.8. The largest absolute Gasteiger partial charge is 0.486 e. The second-order valence-electron chi connectivity index (χ2n) is 6.26. The number of ketones is 2. The molecule has 0 radical (unpaired) electrons. The van der Waals surface area contributed by atoms with E-state index in [4.69, 9.17) is 16.3 Å². The molecule has 0 bridgehead atoms. The van der Waals surface area contributed by atoms with Crippen LogP contribution in [0.3, 0.4) is 0 Å². The third kappa shape index (κ3) is 5.34. The summed E-state index contributed by atoms with van der Waals surface area (Å²) in [6.07, 6.45) is 1.58. The molecule has 0 saturated carbocycles. The predicted molar refractivity (Wildman–Crippen MR) is 111 cm³/mol. The van der Waals surface area contributed by atoms with Crippen LogP contribution in [0.4, 0.5) is 4.79 Å². The van der Waals surface area contributed by atoms with Crippen LogP contribution in [0.2, 0.25) is 5.02 Å². The molecule has 0 atom stereocenters. The number of imide groups is 1. The van der Waals surface area contributed by atoms with E-state index in [-0.39, 0.29) is 29.6 Å². The van der Waals surface area contributed by atoms with Crippen LogP contribution in [0.1, 0.15) is 22.8 Å². The highest BCUT2D eigenvalue weighted by molar-refractivity contribution is 8.18. The number of nitrogens with zero attached hydrogens (tertiary/aromatic N) is 1. The lowest BCUT2D eigenvalue weighted by Gasteiger charge is -2.11. The van der Waals surface area contributed by atoms with Gasteiger partial charge in [0.05, 0.1) is 11.4 Å². The maximum absolute atomic E-state index is 12.6. The van der Waals surface area contributed by atoms with Gasteiger partial charge in [0.1, 0.15) is 12.4 Å². The van der Waals surface area contributed by atoms with Crippen molar-refractivity contribution in [3.63, 3.8) is 0 Å². The fraction of sp³-hybridized carbons (Fsp3) is 0.143. The summed E-state index contributed by atoms with van der Waals surface area (Å²) in [5, 5.41) is -0.00154. The second kappa shape index (κ2) is 9.07. The third-order valence-corrected chi connectivity index (χ3v) is 5.12. The van der Waals surface area contributed by atoms with E-state index < -0.39 is 11.1 Å². The summed E-state index contributed by atoms with van der Waals surface area (Å²) in [5.74, 6) is -0.425. The van der Waals surface area contributed by atoms with Gasteiger partial charge in [-0.15, -0.1) is 0 Å². The van der Waals surface area contributed by atoms with Gasteiger partial charge < -0.3 is 4.74 Å². The van der Waals surface area contributed by atoms with Crippen LogP contribution >= 0.6 is 23.4 Å². The monoisotopic (exact) mass is 429 g/mol. The molecule has 2 aromatic carbocycles. The number of hydrogen-bond donors (Lipinski definition) is 0. The van der Waals surface area contributed by atoms with Crippen molar-refractivity contribution >= 4 is 52.2 Å². The molecule has 0 N–H and O–H groups in total. The molecule has 1 aliphatic rings. The molecule has 2 aromatic rings. The number of amides is 2. The van der Waals surface area contributed by atoms with Crippen LogP contribution < -0.4 is 4.74 Å². The Morgan fingerprint density at radius 3 is 2.34 bits per heavy atom. The van der Waals surface area contributed by atoms with Crippen molar-refractivity contribution in [1.82, 2.24) is 4.90 Å². The Hall–Kier alpha value is -2.90. The summed E-state index contributed by atoms with van der Waals surface area (Å²) in [6.45, 7) is 1.09. The quantitative estimate of drug-likeness (QED) is 0.484. The molecule has 29 heavy (non-hydrogen) atoms. The average molecular weight is 430 g/mol. The van der Waals surface area contributed by atoms with Gasteiger partial charge in [-0.1, -0.05) is 23.7 Å². The SMILES string of the molecule is CC(=O)COc1ccc(/C=C2\SC(=O)N(CC(=O)c3ccc(Cl)cc3)C2=O)cc1. The van der Waals surface area contributed by atoms with Crippen molar-refractivity contribution in [2.24, 2.45) is 0 Å². The van der Waals surface area contributed by atoms with Crippen LogP contribution in [-0.2, 0) is 9.59 Å². The van der Waals surface area contributed by atoms with Gasteiger partial charge in [-0.3, -0.25) is 24.1 Å². The highest BCUT2D eigenvalue weighted by Gasteiger charge is 2.36. The van der Waals surface area contributed by atoms with E-state index in [1.807, 2.05) is 0 Å². The molecule has 6 nitrogen and oxygen atoms in total. The molecule has 148 valence electrons. The molecule has 8 heteroatoms. The van der Waals surface area contributed by atoms with Gasteiger partial charge in [0, 0.05) is 10.6 Å². The zero-order valence-electron chi connectivity index (χ0n) is 15.4. The first-order chi connectivity index (χ1) is 13.8. The Morgan fingerprint density at radius 1 is 1.07 bits per heavy atom. The van der Waals surface area contributed by atoms with E-state index >= 15 is 0 Å². The molecule has 3 rings (SSSR count). The summed E-state index contributed by atoms with van der Waals surface area (Å²) in [6, 6.07) is 13.0. The molecular formula is C21H16ClNO5S. The van der Waals surface area contributed by atoms with Crippen molar-refractivity contribution < 1.29 is 23.9 Å². The Bertz CT molecular complexity index is 999. The number of thioether (sulfide) groups is 1. The molecule has 1 aliphatic heterocycles. The molecule has 0 aromatic heterocycles. The van der Waals surface area contributed by atoms with E-state index in [0.29, 0.717) is 21.9 Å². The van der Waals surface area contributed by atoms with Gasteiger partial charge in [-0.2, -0.15) is 0 Å². The average Bonchev–Trinajstić information content (AvgIpc) is 2.95. The van der Waals surface area contributed by atoms with Gasteiger partial charge in [0.15, 0.2) is 11.6 Å². The smallest absolute Gasteiger partial charge is 0.293 e. The van der Waals surface area contributed by atoms with Crippen molar-refractivity contribution in [1.29, 1.82) is 0 Å². The number of halogens is 1. The van der Waals surface area contributed by atoms with E-state index in [9.17, 15) is 19.2 Å². The molecule has 0 spiro atoms. The fourth-order valence-electron chi connectivity index (χ4n) is 2.50. The zero-order valence-corrected chi connectivity index (χ0v) is 17.0. The van der Waals surface area contributed by atoms with Crippen LogP contribution in [0.15, 0.2) is 53.4 Å². The molecule has 0 unspecified atom stereocenters. The lowest BCUT2D eigenvalue weighted by Crippen LogP contribution is -2.33. The molecule has 1 fully saturated rings. The number of hydrogen-bond acceptors (Lipinski definition) is 6. The molecule has 1 saturated heterocycles. The summed E-state index contributed by atoms with van der Waals surface area (Å²) >= 11 is 6.59. The first-order valence-electron chi connectivity index (χ1n) is 8.60. The minimum absolute atomic E-state index is 0.0140. The van der Waals surface area contributed by atoms with Gasteiger partial charge in [0.25, 0.3) is 11.1 Å². The van der Waals surface area contributed by atoms with Crippen LogP contribution in [0.25, 0.3) is 6.08 Å². The van der Waals surface area contributed by atoms with Crippen LogP contribution in [-0.4, -0.2) is 40.8 Å². The maximum Gasteiger partial charge on any atom is 0.293 e. The number of rotatable bonds is 7. The lowest BCUT2D eigenvalue weighted by molar-refractivity contribution is -0.122. The van der Waals surface area contributed by atoms with Gasteiger partial charge in [-0.05, 0) is 66.7 Å². The number of benzene rings is 2. The number of carbonyl (C=O) groups is 4. The van der Waals surface area contributed by atoms with Crippen molar-refractivity contribution in [2.75, 3.05) is 13.2 Å². The first-order valence-corrected chi connectivity index (χ1v) is 9.79. The summed E-state index contributed by atoms with van der Waals surface area (Å²) in [5.41, 5.74) is 1.06. The zero-order chi connectivity index (χ0) is 21.0. The number of Topliss-reactive ketones (excluding diaryl/α,β-unsaturated/α-hetero) is 2. The van der Waals surface area contributed by atoms with Crippen molar-refractivity contribution in [3.8, 4) is 5.75 Å². The lowest BCUT2D eigenvalue weighted by atomic mass is 10.1. The summed E-state index contributed by atoms with van der Waals surface area (Å²) in [4.78, 5) is 49.3. The Morgan fingerprint density at radius 2 is 1.72 bits per heavy atom.